The van der Waals surface area contributed by atoms with Crippen molar-refractivity contribution < 1.29 is 9.59 Å². The Kier molecular flexibility index (Phi) is 8.38. The third kappa shape index (κ3) is 6.37. The summed E-state index contributed by atoms with van der Waals surface area (Å²) >= 11 is 0. The molecule has 206 valence electrons. The van der Waals surface area contributed by atoms with Gasteiger partial charge in [0.2, 0.25) is 5.91 Å². The molecule has 3 aromatic rings. The predicted molar refractivity (Wildman–Crippen MR) is 153 cm³/mol. The maximum Gasteiger partial charge on any atom is 0.253 e. The topological polar surface area (TPSA) is 108 Å². The van der Waals surface area contributed by atoms with Gasteiger partial charge in [-0.05, 0) is 43.0 Å². The lowest BCUT2D eigenvalue weighted by Gasteiger charge is -2.42. The molecule has 0 unspecified atom stereocenters. The minimum absolute atomic E-state index is 0.0380. The number of benzene rings is 2. The molecule has 0 saturated carbocycles. The fraction of sp³-hybridized carbons (Fsp3) is 0.467. The van der Waals surface area contributed by atoms with E-state index in [1.807, 2.05) is 73.3 Å². The normalized spacial score (nSPS) is 18.4. The van der Waals surface area contributed by atoms with Crippen LogP contribution < -0.4 is 11.1 Å². The van der Waals surface area contributed by atoms with Gasteiger partial charge in [-0.25, -0.2) is 9.97 Å². The maximum absolute atomic E-state index is 12.8. The second kappa shape index (κ2) is 12.1. The van der Waals surface area contributed by atoms with Gasteiger partial charge in [-0.3, -0.25) is 19.4 Å². The number of fused-ring (bicyclic) bond motifs is 1. The van der Waals surface area contributed by atoms with Gasteiger partial charge in [0.05, 0.1) is 12.1 Å². The van der Waals surface area contributed by atoms with Gasteiger partial charge in [0.1, 0.15) is 17.7 Å². The highest BCUT2D eigenvalue weighted by molar-refractivity contribution is 5.94. The molecule has 2 saturated heterocycles. The molecule has 2 aromatic carbocycles. The number of amides is 2. The summed E-state index contributed by atoms with van der Waals surface area (Å²) in [7, 11) is 0. The zero-order valence-electron chi connectivity index (χ0n) is 22.9. The Hall–Kier alpha value is -3.56. The molecule has 3 N–H and O–H groups in total. The third-order valence-electron chi connectivity index (χ3n) is 7.98. The Balaban J connectivity index is 1.18. The summed E-state index contributed by atoms with van der Waals surface area (Å²) in [6, 6.07) is 17.4. The number of hydrogen-bond donors (Lipinski definition) is 2. The van der Waals surface area contributed by atoms with E-state index in [1.165, 1.54) is 0 Å². The number of para-hydroxylation sites is 1. The number of carbonyl (C=O) groups is 2. The third-order valence-corrected chi connectivity index (χ3v) is 7.98. The van der Waals surface area contributed by atoms with Crippen LogP contribution in [0.2, 0.25) is 0 Å². The van der Waals surface area contributed by atoms with Crippen LogP contribution in [0.5, 0.6) is 0 Å². The molecule has 2 aliphatic rings. The second-order valence-corrected chi connectivity index (χ2v) is 11.0. The van der Waals surface area contributed by atoms with E-state index >= 15 is 0 Å². The van der Waals surface area contributed by atoms with Crippen molar-refractivity contribution in [1.82, 2.24) is 24.7 Å². The van der Waals surface area contributed by atoms with Crippen LogP contribution in [-0.4, -0.2) is 87.8 Å². The Morgan fingerprint density at radius 2 is 1.59 bits per heavy atom. The van der Waals surface area contributed by atoms with E-state index in [2.05, 4.69) is 15.1 Å². The zero-order chi connectivity index (χ0) is 27.4. The van der Waals surface area contributed by atoms with Gasteiger partial charge in [0.15, 0.2) is 0 Å². The van der Waals surface area contributed by atoms with Crippen molar-refractivity contribution in [3.05, 3.63) is 66.0 Å². The van der Waals surface area contributed by atoms with E-state index in [9.17, 15) is 9.59 Å². The number of nitrogens with zero attached hydrogens (tertiary/aromatic N) is 5. The first-order chi connectivity index (χ1) is 18.9. The lowest BCUT2D eigenvalue weighted by atomic mass is 10.0. The average Bonchev–Trinajstić information content (AvgIpc) is 2.96. The first kappa shape index (κ1) is 27.0. The number of anilines is 1. The fourth-order valence-electron chi connectivity index (χ4n) is 5.70. The van der Waals surface area contributed by atoms with Crippen molar-refractivity contribution >= 4 is 28.5 Å². The monoisotopic (exact) mass is 529 g/mol. The summed E-state index contributed by atoms with van der Waals surface area (Å²) in [5.74, 6) is 1.18. The zero-order valence-corrected chi connectivity index (χ0v) is 22.9. The van der Waals surface area contributed by atoms with Crippen molar-refractivity contribution in [3.8, 4) is 0 Å². The van der Waals surface area contributed by atoms with Gasteiger partial charge in [0, 0.05) is 56.3 Å². The Labute approximate surface area is 230 Å². The quantitative estimate of drug-likeness (QED) is 0.462. The van der Waals surface area contributed by atoms with Gasteiger partial charge in [-0.1, -0.05) is 44.2 Å². The lowest BCUT2D eigenvalue weighted by Crippen LogP contribution is -2.53. The summed E-state index contributed by atoms with van der Waals surface area (Å²) in [5.41, 5.74) is 7.29. The van der Waals surface area contributed by atoms with E-state index in [4.69, 9.17) is 15.7 Å². The van der Waals surface area contributed by atoms with Crippen LogP contribution in [0.3, 0.4) is 0 Å². The predicted octanol–water partition coefficient (Wildman–Crippen LogP) is 2.97. The Morgan fingerprint density at radius 3 is 2.26 bits per heavy atom. The van der Waals surface area contributed by atoms with Gasteiger partial charge < -0.3 is 16.0 Å². The summed E-state index contributed by atoms with van der Waals surface area (Å²) in [6.07, 6.45) is 2.02. The highest BCUT2D eigenvalue weighted by Gasteiger charge is 2.30. The number of nitrogens with one attached hydrogen (secondary N) is 1. The summed E-state index contributed by atoms with van der Waals surface area (Å²) in [6.45, 7) is 10.1. The van der Waals surface area contributed by atoms with Crippen LogP contribution in [-0.2, 0) is 11.3 Å². The summed E-state index contributed by atoms with van der Waals surface area (Å²) in [5, 5.41) is 4.17. The first-order valence-electron chi connectivity index (χ1n) is 14.0. The van der Waals surface area contributed by atoms with Crippen LogP contribution in [0.1, 0.15) is 42.9 Å². The minimum atomic E-state index is -0.505. The molecule has 2 aliphatic heterocycles. The van der Waals surface area contributed by atoms with Crippen LogP contribution >= 0.6 is 0 Å². The van der Waals surface area contributed by atoms with Crippen LogP contribution in [0.25, 0.3) is 10.9 Å². The van der Waals surface area contributed by atoms with Crippen LogP contribution in [0.15, 0.2) is 54.6 Å². The fourth-order valence-corrected chi connectivity index (χ4v) is 5.70. The molecule has 9 heteroatoms. The van der Waals surface area contributed by atoms with Crippen molar-refractivity contribution in [1.29, 1.82) is 0 Å². The largest absolute Gasteiger partial charge is 0.368 e. The van der Waals surface area contributed by atoms with Gasteiger partial charge in [0.25, 0.3) is 5.91 Å². The number of primary amides is 1. The SMILES string of the molecule is CC(C)[C@H](Nc1nc(CN2CCN(C3CCN(C(=O)c4ccccc4)CC3)CC2)nc2ccccc12)C(N)=O. The van der Waals surface area contributed by atoms with E-state index in [0.717, 1.165) is 74.4 Å². The molecule has 0 aliphatic carbocycles. The molecule has 9 nitrogen and oxygen atoms in total. The highest BCUT2D eigenvalue weighted by atomic mass is 16.2. The average molecular weight is 530 g/mol. The standard InChI is InChI=1S/C30H39N7O2/c1-21(2)27(28(31)38)34-29-24-10-6-7-11-25(24)32-26(33-29)20-35-16-18-36(19-17-35)23-12-14-37(15-13-23)30(39)22-8-4-3-5-9-22/h3-11,21,23,27H,12-20H2,1-2H3,(H2,31,38)(H,32,33,34)/t27-/m0/s1. The van der Waals surface area contributed by atoms with Gasteiger partial charge in [-0.2, -0.15) is 0 Å². The Morgan fingerprint density at radius 1 is 0.923 bits per heavy atom. The lowest BCUT2D eigenvalue weighted by molar-refractivity contribution is -0.119. The number of piperidine rings is 1. The molecule has 2 fully saturated rings. The van der Waals surface area contributed by atoms with Crippen LogP contribution in [0, 0.1) is 5.92 Å². The smallest absolute Gasteiger partial charge is 0.253 e. The molecule has 2 amide bonds. The molecule has 0 bridgehead atoms. The number of carbonyl (C=O) groups excluding carboxylic acids is 2. The van der Waals surface area contributed by atoms with Crippen molar-refractivity contribution in [2.45, 2.75) is 45.3 Å². The Bertz CT molecular complexity index is 1280. The minimum Gasteiger partial charge on any atom is -0.368 e. The first-order valence-corrected chi connectivity index (χ1v) is 14.0. The number of piperazine rings is 1. The molecule has 5 rings (SSSR count). The van der Waals surface area contributed by atoms with Crippen molar-refractivity contribution in [2.24, 2.45) is 11.7 Å². The molecular formula is C30H39N7O2. The van der Waals surface area contributed by atoms with E-state index in [0.29, 0.717) is 18.4 Å². The summed E-state index contributed by atoms with van der Waals surface area (Å²) in [4.78, 5) is 41.5. The van der Waals surface area contributed by atoms with E-state index in [-0.39, 0.29) is 17.7 Å². The number of likely N-dealkylation sites (tertiary alicyclic amines) is 1. The number of aromatic nitrogens is 2. The molecule has 1 atom stereocenters. The summed E-state index contributed by atoms with van der Waals surface area (Å²) < 4.78 is 0. The van der Waals surface area contributed by atoms with E-state index < -0.39 is 6.04 Å². The number of rotatable bonds is 8. The molecule has 1 aromatic heterocycles. The number of nitrogens with two attached hydrogens (primary N) is 1. The number of hydrogen-bond acceptors (Lipinski definition) is 7. The highest BCUT2D eigenvalue weighted by Crippen LogP contribution is 2.24. The molecular weight excluding hydrogens is 490 g/mol. The molecule has 0 radical (unpaired) electrons. The van der Waals surface area contributed by atoms with Crippen molar-refractivity contribution in [3.63, 3.8) is 0 Å². The second-order valence-electron chi connectivity index (χ2n) is 11.0. The van der Waals surface area contributed by atoms with Crippen molar-refractivity contribution in [2.75, 3.05) is 44.6 Å². The van der Waals surface area contributed by atoms with E-state index in [1.54, 1.807) is 0 Å². The van der Waals surface area contributed by atoms with Crippen LogP contribution in [0.4, 0.5) is 5.82 Å². The maximum atomic E-state index is 12.8. The molecule has 39 heavy (non-hydrogen) atoms. The van der Waals surface area contributed by atoms with Gasteiger partial charge >= 0.3 is 0 Å². The molecule has 0 spiro atoms. The van der Waals surface area contributed by atoms with Gasteiger partial charge in [-0.15, -0.1) is 0 Å². The molecule has 3 heterocycles.